The molecule has 7 rings (SSSR count). The van der Waals surface area contributed by atoms with Gasteiger partial charge in [-0.25, -0.2) is 4.79 Å². The van der Waals surface area contributed by atoms with Crippen molar-refractivity contribution in [2.24, 2.45) is 5.92 Å². The van der Waals surface area contributed by atoms with E-state index in [0.29, 0.717) is 24.4 Å². The molecule has 2 N–H and O–H groups in total. The van der Waals surface area contributed by atoms with Crippen molar-refractivity contribution in [2.45, 2.75) is 82.5 Å². The summed E-state index contributed by atoms with van der Waals surface area (Å²) in [5, 5.41) is 8.83. The van der Waals surface area contributed by atoms with E-state index in [-0.39, 0.29) is 23.9 Å². The number of fused-ring (bicyclic) bond motifs is 6. The molecule has 3 atom stereocenters. The van der Waals surface area contributed by atoms with E-state index < -0.39 is 0 Å². The fourth-order valence-corrected chi connectivity index (χ4v) is 8.12. The van der Waals surface area contributed by atoms with Gasteiger partial charge in [0.05, 0.1) is 6.04 Å². The number of amides is 2. The molecule has 0 radical (unpaired) electrons. The van der Waals surface area contributed by atoms with Crippen molar-refractivity contribution < 1.29 is 9.59 Å². The van der Waals surface area contributed by atoms with Gasteiger partial charge in [0.15, 0.2) is 5.78 Å². The third kappa shape index (κ3) is 5.90. The number of benzene rings is 4. The van der Waals surface area contributed by atoms with Gasteiger partial charge in [0.2, 0.25) is 0 Å². The van der Waals surface area contributed by atoms with E-state index in [0.717, 1.165) is 48.9 Å². The van der Waals surface area contributed by atoms with Crippen LogP contribution in [0, 0.1) is 5.92 Å². The Hall–Kier alpha value is -3.96. The highest BCUT2D eigenvalue weighted by atomic mass is 16.2. The molecule has 4 aromatic rings. The molecule has 226 valence electrons. The standard InChI is InChI=1S/C39H43N3O2/c1-26(32-13-7-11-29-10-5-6-12-33(29)32)40-39(44)41-31-17-14-27(15-18-31)22-23-42-36-20-21-37(42)35-25-30(16-19-34(35)36)38(43)24-28-8-3-2-4-9-28/h2-13,16,19,25-27,31,36-37H,14-15,17-18,20-24H2,1H3,(H2,40,41,44)/t26-,27?,31?,36-,37+/m0/s1. The summed E-state index contributed by atoms with van der Waals surface area (Å²) in [4.78, 5) is 28.7. The molecule has 1 saturated heterocycles. The zero-order valence-electron chi connectivity index (χ0n) is 25.7. The van der Waals surface area contributed by atoms with Crippen LogP contribution >= 0.6 is 0 Å². The predicted molar refractivity (Wildman–Crippen MR) is 177 cm³/mol. The molecule has 2 amide bonds. The average Bonchev–Trinajstić information content (AvgIpc) is 3.60. The molecule has 2 aliphatic heterocycles. The molecule has 1 saturated carbocycles. The molecule has 2 heterocycles. The molecule has 1 aliphatic carbocycles. The quantitative estimate of drug-likeness (QED) is 0.194. The Kier molecular flexibility index (Phi) is 8.22. The summed E-state index contributed by atoms with van der Waals surface area (Å²) in [5.41, 5.74) is 5.89. The molecular weight excluding hydrogens is 542 g/mol. The molecule has 5 nitrogen and oxygen atoms in total. The van der Waals surface area contributed by atoms with E-state index in [4.69, 9.17) is 0 Å². The minimum absolute atomic E-state index is 0.0598. The summed E-state index contributed by atoms with van der Waals surface area (Å²) in [5.74, 6) is 0.909. The van der Waals surface area contributed by atoms with Crippen LogP contribution in [0.5, 0.6) is 0 Å². The molecule has 2 fully saturated rings. The van der Waals surface area contributed by atoms with Crippen LogP contribution in [-0.2, 0) is 6.42 Å². The number of Topliss-reactive ketones (excluding diaryl/α,β-unsaturated/α-hetero) is 1. The maximum Gasteiger partial charge on any atom is 0.315 e. The molecular formula is C39H43N3O2. The van der Waals surface area contributed by atoms with Gasteiger partial charge in [-0.2, -0.15) is 0 Å². The largest absolute Gasteiger partial charge is 0.335 e. The number of nitrogens with one attached hydrogen (secondary N) is 2. The van der Waals surface area contributed by atoms with Gasteiger partial charge in [0.1, 0.15) is 0 Å². The van der Waals surface area contributed by atoms with E-state index in [2.05, 4.69) is 83.1 Å². The first-order valence-corrected chi connectivity index (χ1v) is 16.5. The first-order valence-electron chi connectivity index (χ1n) is 16.5. The Morgan fingerprint density at radius 1 is 0.795 bits per heavy atom. The zero-order valence-corrected chi connectivity index (χ0v) is 25.7. The lowest BCUT2D eigenvalue weighted by atomic mass is 9.84. The van der Waals surface area contributed by atoms with Gasteiger partial charge in [-0.1, -0.05) is 84.9 Å². The molecule has 2 bridgehead atoms. The minimum Gasteiger partial charge on any atom is -0.335 e. The van der Waals surface area contributed by atoms with E-state index in [9.17, 15) is 9.59 Å². The predicted octanol–water partition coefficient (Wildman–Crippen LogP) is 8.47. The minimum atomic E-state index is -0.0677. The van der Waals surface area contributed by atoms with Crippen LogP contribution in [0.15, 0.2) is 91.0 Å². The smallest absolute Gasteiger partial charge is 0.315 e. The number of hydrogen-bond donors (Lipinski definition) is 2. The van der Waals surface area contributed by atoms with Crippen molar-refractivity contribution in [3.8, 4) is 0 Å². The highest BCUT2D eigenvalue weighted by molar-refractivity contribution is 5.97. The van der Waals surface area contributed by atoms with E-state index in [1.54, 1.807) is 0 Å². The maximum absolute atomic E-state index is 13.0. The SMILES string of the molecule is C[C@H](NC(=O)NC1CCC(CCN2[C@@H]3CC[C@H]2c2ccc(C(=O)Cc4ccccc4)cc23)CC1)c1cccc2ccccc12. The molecule has 0 spiro atoms. The summed E-state index contributed by atoms with van der Waals surface area (Å²) in [6.45, 7) is 3.18. The molecule has 4 aromatic carbocycles. The molecule has 0 unspecified atom stereocenters. The van der Waals surface area contributed by atoms with Crippen LogP contribution in [0.25, 0.3) is 10.8 Å². The van der Waals surface area contributed by atoms with Crippen molar-refractivity contribution in [3.63, 3.8) is 0 Å². The van der Waals surface area contributed by atoms with Crippen molar-refractivity contribution in [3.05, 3.63) is 119 Å². The second kappa shape index (κ2) is 12.6. The highest BCUT2D eigenvalue weighted by Gasteiger charge is 2.43. The molecule has 5 heteroatoms. The lowest BCUT2D eigenvalue weighted by Crippen LogP contribution is -2.44. The lowest BCUT2D eigenvalue weighted by Gasteiger charge is -2.31. The molecule has 3 aliphatic rings. The van der Waals surface area contributed by atoms with E-state index in [1.807, 2.05) is 30.3 Å². The fourth-order valence-electron chi connectivity index (χ4n) is 8.12. The molecule has 0 aromatic heterocycles. The Labute approximate surface area is 261 Å². The summed E-state index contributed by atoms with van der Waals surface area (Å²) in [6, 6.07) is 32.2. The van der Waals surface area contributed by atoms with Gasteiger partial charge in [-0.05, 0) is 103 Å². The summed E-state index contributed by atoms with van der Waals surface area (Å²) < 4.78 is 0. The number of ketones is 1. The zero-order chi connectivity index (χ0) is 30.0. The van der Waals surface area contributed by atoms with Gasteiger partial charge in [0, 0.05) is 30.1 Å². The number of carbonyl (C=O) groups is 2. The van der Waals surface area contributed by atoms with Gasteiger partial charge < -0.3 is 10.6 Å². The number of hydrogen-bond acceptors (Lipinski definition) is 3. The molecule has 44 heavy (non-hydrogen) atoms. The second-order valence-electron chi connectivity index (χ2n) is 13.2. The number of nitrogens with zero attached hydrogens (tertiary/aromatic N) is 1. The lowest BCUT2D eigenvalue weighted by molar-refractivity contribution is 0.0992. The van der Waals surface area contributed by atoms with E-state index >= 15 is 0 Å². The number of urea groups is 1. The summed E-state index contributed by atoms with van der Waals surface area (Å²) in [6.07, 6.45) is 8.49. The third-order valence-corrected chi connectivity index (χ3v) is 10.5. The van der Waals surface area contributed by atoms with Crippen LogP contribution in [0.3, 0.4) is 0 Å². The van der Waals surface area contributed by atoms with Gasteiger partial charge >= 0.3 is 6.03 Å². The van der Waals surface area contributed by atoms with Crippen LogP contribution in [-0.4, -0.2) is 29.3 Å². The van der Waals surface area contributed by atoms with Crippen LogP contribution < -0.4 is 10.6 Å². The average molecular weight is 586 g/mol. The highest BCUT2D eigenvalue weighted by Crippen LogP contribution is 2.53. The van der Waals surface area contributed by atoms with Crippen molar-refractivity contribution in [2.75, 3.05) is 6.54 Å². The Balaban J connectivity index is 0.884. The topological polar surface area (TPSA) is 61.4 Å². The van der Waals surface area contributed by atoms with Crippen LogP contribution in [0.4, 0.5) is 4.79 Å². The van der Waals surface area contributed by atoms with Crippen LogP contribution in [0.2, 0.25) is 0 Å². The monoisotopic (exact) mass is 585 g/mol. The Morgan fingerprint density at radius 3 is 2.34 bits per heavy atom. The van der Waals surface area contributed by atoms with Crippen LogP contribution in [0.1, 0.15) is 103 Å². The third-order valence-electron chi connectivity index (χ3n) is 10.5. The Bertz CT molecular complexity index is 1640. The first-order chi connectivity index (χ1) is 21.5. The first kappa shape index (κ1) is 28.8. The fraction of sp³-hybridized carbons (Fsp3) is 0.385. The van der Waals surface area contributed by atoms with Gasteiger partial charge in [-0.3, -0.25) is 9.69 Å². The van der Waals surface area contributed by atoms with E-state index in [1.165, 1.54) is 41.2 Å². The normalized spacial score (nSPS) is 23.3. The van der Waals surface area contributed by atoms with Crippen molar-refractivity contribution in [1.29, 1.82) is 0 Å². The number of carbonyl (C=O) groups excluding carboxylic acids is 2. The van der Waals surface area contributed by atoms with Gasteiger partial charge in [0.25, 0.3) is 0 Å². The van der Waals surface area contributed by atoms with Crippen molar-refractivity contribution >= 4 is 22.6 Å². The van der Waals surface area contributed by atoms with Gasteiger partial charge in [-0.15, -0.1) is 0 Å². The second-order valence-corrected chi connectivity index (χ2v) is 13.2. The maximum atomic E-state index is 13.0. The Morgan fingerprint density at radius 2 is 1.52 bits per heavy atom. The number of rotatable bonds is 9. The van der Waals surface area contributed by atoms with Crippen molar-refractivity contribution in [1.82, 2.24) is 15.5 Å². The summed E-state index contributed by atoms with van der Waals surface area (Å²) in [7, 11) is 0. The summed E-state index contributed by atoms with van der Waals surface area (Å²) >= 11 is 0.